The molecule has 0 amide bonds. The molecular formula is C14H12BIOS. The summed E-state index contributed by atoms with van der Waals surface area (Å²) >= 11 is 3.27. The number of alkyl halides is 1. The van der Waals surface area contributed by atoms with Crippen molar-refractivity contribution in [2.24, 2.45) is 0 Å². The molecule has 0 aliphatic rings. The Hall–Kier alpha value is -0.455. The van der Waals surface area contributed by atoms with Crippen LogP contribution < -0.4 is 0 Å². The Morgan fingerprint density at radius 1 is 0.889 bits per heavy atom. The number of benzene rings is 2. The van der Waals surface area contributed by atoms with Gasteiger partial charge in [0.25, 0.3) is 0 Å². The molecule has 0 bridgehead atoms. The molecule has 0 saturated heterocycles. The molecule has 1 nitrogen and oxygen atoms in total. The summed E-state index contributed by atoms with van der Waals surface area (Å²) < 4.78 is 6.14. The van der Waals surface area contributed by atoms with Gasteiger partial charge in [0, 0.05) is 4.43 Å². The summed E-state index contributed by atoms with van der Waals surface area (Å²) in [7, 11) is 5.22. The normalized spacial score (nSPS) is 10.5. The maximum Gasteiger partial charge on any atom is 0.203 e. The summed E-state index contributed by atoms with van der Waals surface area (Å²) in [5.41, 5.74) is 4.94. The molecule has 18 heavy (non-hydrogen) atoms. The highest BCUT2D eigenvalue weighted by Gasteiger charge is 1.99. The van der Waals surface area contributed by atoms with E-state index in [-0.39, 0.29) is 0 Å². The van der Waals surface area contributed by atoms with E-state index in [4.69, 9.17) is 11.3 Å². The van der Waals surface area contributed by atoms with Crippen LogP contribution in [-0.4, -0.2) is 7.12 Å². The van der Waals surface area contributed by atoms with Crippen LogP contribution in [0.25, 0.3) is 11.1 Å². The van der Waals surface area contributed by atoms with Crippen LogP contribution in [-0.2, 0) is 15.2 Å². The standard InChI is InChI=1S/C14H12BIOS/c15-18-17-10-12-3-7-14(8-4-12)13-5-1-11(9-16)2-6-13/h1-8H,9-10H2. The first-order valence-electron chi connectivity index (χ1n) is 5.56. The van der Waals surface area contributed by atoms with E-state index in [1.165, 1.54) is 16.7 Å². The molecule has 0 N–H and O–H groups in total. The Kier molecular flexibility index (Phi) is 5.60. The molecule has 90 valence electrons. The highest BCUT2D eigenvalue weighted by Crippen LogP contribution is 2.21. The van der Waals surface area contributed by atoms with Crippen LogP contribution >= 0.6 is 34.5 Å². The second kappa shape index (κ2) is 7.21. The molecule has 0 saturated carbocycles. The average molecular weight is 366 g/mol. The monoisotopic (exact) mass is 366 g/mol. The zero-order valence-electron chi connectivity index (χ0n) is 9.80. The zero-order valence-corrected chi connectivity index (χ0v) is 12.8. The van der Waals surface area contributed by atoms with Gasteiger partial charge in [0.1, 0.15) is 0 Å². The maximum atomic E-state index is 5.22. The van der Waals surface area contributed by atoms with Crippen LogP contribution in [0.3, 0.4) is 0 Å². The third kappa shape index (κ3) is 3.77. The second-order valence-corrected chi connectivity index (χ2v) is 5.08. The Balaban J connectivity index is 2.12. The van der Waals surface area contributed by atoms with Crippen molar-refractivity contribution in [2.45, 2.75) is 11.0 Å². The molecule has 4 heteroatoms. The number of rotatable bonds is 5. The van der Waals surface area contributed by atoms with E-state index in [0.29, 0.717) is 6.61 Å². The van der Waals surface area contributed by atoms with Crippen molar-refractivity contribution in [2.75, 3.05) is 0 Å². The number of hydrogen-bond donors (Lipinski definition) is 0. The number of hydrogen-bond acceptors (Lipinski definition) is 2. The van der Waals surface area contributed by atoms with Crippen molar-refractivity contribution in [3.63, 3.8) is 0 Å². The summed E-state index contributed by atoms with van der Waals surface area (Å²) in [4.78, 5) is 0. The minimum Gasteiger partial charge on any atom is -0.324 e. The van der Waals surface area contributed by atoms with E-state index in [2.05, 4.69) is 71.1 Å². The summed E-state index contributed by atoms with van der Waals surface area (Å²) in [6.07, 6.45) is 0. The van der Waals surface area contributed by atoms with Gasteiger partial charge in [-0.05, 0) is 22.3 Å². The van der Waals surface area contributed by atoms with E-state index < -0.39 is 0 Å². The summed E-state index contributed by atoms with van der Waals surface area (Å²) in [6, 6.07) is 17.0. The lowest BCUT2D eigenvalue weighted by atomic mass is 10.0. The van der Waals surface area contributed by atoms with Crippen LogP contribution in [0.1, 0.15) is 11.1 Å². The lowest BCUT2D eigenvalue weighted by Gasteiger charge is -2.05. The van der Waals surface area contributed by atoms with E-state index >= 15 is 0 Å². The van der Waals surface area contributed by atoms with Crippen LogP contribution in [0.5, 0.6) is 0 Å². The maximum absolute atomic E-state index is 5.22. The van der Waals surface area contributed by atoms with E-state index in [1.54, 1.807) is 0 Å². The van der Waals surface area contributed by atoms with Gasteiger partial charge in [-0.1, -0.05) is 83.0 Å². The highest BCUT2D eigenvalue weighted by atomic mass is 127. The third-order valence-electron chi connectivity index (χ3n) is 2.69. The van der Waals surface area contributed by atoms with Crippen molar-refractivity contribution < 1.29 is 4.18 Å². The molecule has 2 rings (SSSR count). The molecule has 0 unspecified atom stereocenters. The Morgan fingerprint density at radius 2 is 1.39 bits per heavy atom. The average Bonchev–Trinajstić information content (AvgIpc) is 2.46. The van der Waals surface area contributed by atoms with Crippen molar-refractivity contribution in [1.82, 2.24) is 0 Å². The van der Waals surface area contributed by atoms with Gasteiger partial charge in [-0.2, -0.15) is 0 Å². The molecule has 2 aromatic rings. The van der Waals surface area contributed by atoms with Crippen LogP contribution in [0, 0.1) is 0 Å². The lowest BCUT2D eigenvalue weighted by molar-refractivity contribution is 0.369. The SMILES string of the molecule is [B]SOCc1ccc(-c2ccc(CI)cc2)cc1. The number of halogens is 1. The zero-order chi connectivity index (χ0) is 12.8. The largest absolute Gasteiger partial charge is 0.324 e. The lowest BCUT2D eigenvalue weighted by Crippen LogP contribution is -1.86. The van der Waals surface area contributed by atoms with Gasteiger partial charge in [-0.25, -0.2) is 0 Å². The second-order valence-electron chi connectivity index (χ2n) is 3.89. The van der Waals surface area contributed by atoms with Crippen LogP contribution in [0.2, 0.25) is 0 Å². The van der Waals surface area contributed by atoms with Gasteiger partial charge >= 0.3 is 0 Å². The topological polar surface area (TPSA) is 9.23 Å². The molecule has 0 spiro atoms. The van der Waals surface area contributed by atoms with Crippen molar-refractivity contribution >= 4 is 41.6 Å². The predicted octanol–water partition coefficient (Wildman–Crippen LogP) is 4.54. The van der Waals surface area contributed by atoms with Gasteiger partial charge < -0.3 is 4.18 Å². The Bertz CT molecular complexity index is 484. The minimum atomic E-state index is 0.537. The van der Waals surface area contributed by atoms with Gasteiger partial charge in [0.2, 0.25) is 7.12 Å². The van der Waals surface area contributed by atoms with Crippen LogP contribution in [0.4, 0.5) is 0 Å². The smallest absolute Gasteiger partial charge is 0.203 e. The quantitative estimate of drug-likeness (QED) is 0.333. The van der Waals surface area contributed by atoms with Crippen LogP contribution in [0.15, 0.2) is 48.5 Å². The van der Waals surface area contributed by atoms with Gasteiger partial charge in [0.15, 0.2) is 0 Å². The fourth-order valence-electron chi connectivity index (χ4n) is 1.68. The van der Waals surface area contributed by atoms with Gasteiger partial charge in [-0.3, -0.25) is 0 Å². The first-order valence-corrected chi connectivity index (χ1v) is 7.89. The van der Waals surface area contributed by atoms with Gasteiger partial charge in [0.05, 0.1) is 6.61 Å². The van der Waals surface area contributed by atoms with E-state index in [1.807, 2.05) is 0 Å². The van der Waals surface area contributed by atoms with Gasteiger partial charge in [-0.15, -0.1) is 0 Å². The minimum absolute atomic E-state index is 0.537. The summed E-state index contributed by atoms with van der Waals surface area (Å²) in [5.74, 6) is 0. The summed E-state index contributed by atoms with van der Waals surface area (Å²) in [5, 5.41) is 0. The molecule has 0 aliphatic heterocycles. The van der Waals surface area contributed by atoms with Crippen molar-refractivity contribution in [3.8, 4) is 11.1 Å². The third-order valence-corrected chi connectivity index (χ3v) is 3.82. The predicted molar refractivity (Wildman–Crippen MR) is 87.7 cm³/mol. The van der Waals surface area contributed by atoms with Crippen molar-refractivity contribution in [3.05, 3.63) is 59.7 Å². The van der Waals surface area contributed by atoms with Crippen molar-refractivity contribution in [1.29, 1.82) is 0 Å². The Morgan fingerprint density at radius 3 is 1.83 bits per heavy atom. The molecule has 0 fully saturated rings. The van der Waals surface area contributed by atoms with E-state index in [9.17, 15) is 0 Å². The molecule has 0 heterocycles. The molecule has 2 aromatic carbocycles. The highest BCUT2D eigenvalue weighted by molar-refractivity contribution is 14.1. The molecular weight excluding hydrogens is 354 g/mol. The molecule has 0 aromatic heterocycles. The molecule has 0 aliphatic carbocycles. The summed E-state index contributed by atoms with van der Waals surface area (Å²) in [6.45, 7) is 0.537. The first kappa shape index (κ1) is 14.0. The molecule has 2 radical (unpaired) electrons. The van der Waals surface area contributed by atoms with E-state index in [0.717, 1.165) is 21.9 Å². The first-order chi connectivity index (χ1) is 8.83. The Labute approximate surface area is 127 Å². The fourth-order valence-corrected chi connectivity index (χ4v) is 2.39. The molecule has 0 atom stereocenters. The fraction of sp³-hybridized carbons (Fsp3) is 0.143.